The van der Waals surface area contributed by atoms with Crippen molar-refractivity contribution in [2.45, 2.75) is 40.9 Å². The lowest BCUT2D eigenvalue weighted by molar-refractivity contribution is -0.120. The first-order valence-corrected chi connectivity index (χ1v) is 7.32. The van der Waals surface area contributed by atoms with E-state index in [1.54, 1.807) is 6.26 Å². The molecule has 0 saturated heterocycles. The van der Waals surface area contributed by atoms with Crippen molar-refractivity contribution in [1.82, 2.24) is 0 Å². The second kappa shape index (κ2) is 5.82. The van der Waals surface area contributed by atoms with Crippen LogP contribution in [0.15, 0.2) is 0 Å². The molecule has 0 aromatic rings. The zero-order valence-electron chi connectivity index (χ0n) is 9.88. The topological polar surface area (TPSA) is 69.9 Å². The van der Waals surface area contributed by atoms with E-state index < -0.39 is 39.9 Å². The second-order valence-corrected chi connectivity index (χ2v) is 6.60. The van der Waals surface area contributed by atoms with Crippen LogP contribution in [-0.4, -0.2) is 62.7 Å². The molecule has 1 aliphatic carbocycles. The van der Waals surface area contributed by atoms with Gasteiger partial charge in [-0.15, -0.1) is 35.0 Å². The molecule has 3 N–H and O–H groups in total. The monoisotopic (exact) mass is 304 g/mol. The molecule has 1 saturated carbocycles. The number of rotatable bonds is 3. The van der Waals surface area contributed by atoms with E-state index in [1.165, 1.54) is 14.0 Å². The zero-order valence-corrected chi connectivity index (χ0v) is 12.2. The molecular formula is C10H18Cl2O4S. The molecule has 0 radical (unpaired) electrons. The van der Waals surface area contributed by atoms with Gasteiger partial charge in [-0.05, 0) is 13.2 Å². The van der Waals surface area contributed by atoms with E-state index in [4.69, 9.17) is 27.9 Å². The van der Waals surface area contributed by atoms with Gasteiger partial charge in [-0.25, -0.2) is 0 Å². The summed E-state index contributed by atoms with van der Waals surface area (Å²) in [6.07, 6.45) is -1.14. The van der Waals surface area contributed by atoms with E-state index >= 15 is 0 Å². The standard InChI is InChI=1S/C10H18Cl2O4S/c1-10(15,17-3)4-7(13)5(11)9(16-2)6(12)8(4)14/h4-9,13-15H,1-3H3. The molecule has 1 aliphatic rings. The van der Waals surface area contributed by atoms with E-state index in [9.17, 15) is 15.3 Å². The molecule has 7 heteroatoms. The molecule has 0 heterocycles. The summed E-state index contributed by atoms with van der Waals surface area (Å²) in [6.45, 7) is 1.52. The molecule has 0 aliphatic heterocycles. The van der Waals surface area contributed by atoms with Gasteiger partial charge in [0, 0.05) is 7.11 Å². The van der Waals surface area contributed by atoms with Gasteiger partial charge in [0.25, 0.3) is 0 Å². The minimum atomic E-state index is -1.31. The molecule has 5 unspecified atom stereocenters. The molecule has 0 aromatic carbocycles. The molecule has 1 rings (SSSR count). The molecule has 102 valence electrons. The van der Waals surface area contributed by atoms with Gasteiger partial charge < -0.3 is 20.1 Å². The van der Waals surface area contributed by atoms with Crippen LogP contribution in [0.5, 0.6) is 0 Å². The number of hydrogen-bond acceptors (Lipinski definition) is 5. The molecule has 0 amide bonds. The van der Waals surface area contributed by atoms with Crippen molar-refractivity contribution in [3.8, 4) is 0 Å². The molecule has 4 nitrogen and oxygen atoms in total. The van der Waals surface area contributed by atoms with Crippen molar-refractivity contribution in [1.29, 1.82) is 0 Å². The molecule has 0 bridgehead atoms. The quantitative estimate of drug-likeness (QED) is 0.527. The number of aliphatic hydroxyl groups excluding tert-OH is 2. The summed E-state index contributed by atoms with van der Waals surface area (Å²) in [7, 11) is 1.42. The van der Waals surface area contributed by atoms with Gasteiger partial charge in [-0.1, -0.05) is 0 Å². The maximum Gasteiger partial charge on any atom is 0.115 e. The van der Waals surface area contributed by atoms with Crippen molar-refractivity contribution < 1.29 is 20.1 Å². The first kappa shape index (κ1) is 15.8. The second-order valence-electron chi connectivity index (χ2n) is 4.35. The van der Waals surface area contributed by atoms with Gasteiger partial charge >= 0.3 is 0 Å². The average molecular weight is 305 g/mol. The summed E-state index contributed by atoms with van der Waals surface area (Å²) in [5, 5.41) is 28.8. The lowest BCUT2D eigenvalue weighted by Crippen LogP contribution is -2.63. The summed E-state index contributed by atoms with van der Waals surface area (Å²) < 4.78 is 5.08. The number of halogens is 2. The number of aliphatic hydroxyl groups is 3. The first-order valence-electron chi connectivity index (χ1n) is 5.22. The van der Waals surface area contributed by atoms with Gasteiger partial charge in [0.15, 0.2) is 0 Å². The van der Waals surface area contributed by atoms with Gasteiger partial charge in [0.2, 0.25) is 0 Å². The summed E-state index contributed by atoms with van der Waals surface area (Å²) in [4.78, 5) is -1.31. The van der Waals surface area contributed by atoms with Crippen LogP contribution >= 0.6 is 35.0 Å². The van der Waals surface area contributed by atoms with Gasteiger partial charge in [-0.3, -0.25) is 0 Å². The van der Waals surface area contributed by atoms with Crippen LogP contribution in [0.2, 0.25) is 0 Å². The Bertz CT molecular complexity index is 251. The van der Waals surface area contributed by atoms with Crippen LogP contribution in [-0.2, 0) is 4.74 Å². The largest absolute Gasteiger partial charge is 0.391 e. The van der Waals surface area contributed by atoms with Crippen LogP contribution in [0.3, 0.4) is 0 Å². The van der Waals surface area contributed by atoms with E-state index in [1.807, 2.05) is 0 Å². The zero-order chi connectivity index (χ0) is 13.4. The van der Waals surface area contributed by atoms with Gasteiger partial charge in [-0.2, -0.15) is 0 Å². The minimum Gasteiger partial charge on any atom is -0.391 e. The number of alkyl halides is 2. The predicted molar refractivity (Wildman–Crippen MR) is 69.7 cm³/mol. The Hall–Kier alpha value is 0.770. The third kappa shape index (κ3) is 2.86. The van der Waals surface area contributed by atoms with Crippen molar-refractivity contribution in [3.05, 3.63) is 0 Å². The van der Waals surface area contributed by atoms with Crippen LogP contribution in [0.4, 0.5) is 0 Å². The highest BCUT2D eigenvalue weighted by Gasteiger charge is 2.54. The summed E-state index contributed by atoms with van der Waals surface area (Å²) in [6, 6.07) is 0. The predicted octanol–water partition coefficient (Wildman–Crippen LogP) is 0.639. The third-order valence-electron chi connectivity index (χ3n) is 3.32. The lowest BCUT2D eigenvalue weighted by Gasteiger charge is -2.47. The van der Waals surface area contributed by atoms with Gasteiger partial charge in [0.05, 0.1) is 35.0 Å². The fourth-order valence-corrected chi connectivity index (χ4v) is 3.65. The van der Waals surface area contributed by atoms with Crippen molar-refractivity contribution in [2.24, 2.45) is 5.92 Å². The van der Waals surface area contributed by atoms with Crippen LogP contribution in [0.25, 0.3) is 0 Å². The Labute approximate surface area is 115 Å². The fourth-order valence-electron chi connectivity index (χ4n) is 2.19. The normalized spacial score (nSPS) is 46.6. The minimum absolute atomic E-state index is 0.655. The highest BCUT2D eigenvalue weighted by atomic mass is 35.5. The SMILES string of the molecule is COC1C(Cl)C(O)C(C(C)(O)SC)C(O)C1Cl. The molecule has 17 heavy (non-hydrogen) atoms. The molecule has 0 spiro atoms. The van der Waals surface area contributed by atoms with E-state index in [2.05, 4.69) is 0 Å². The fraction of sp³-hybridized carbons (Fsp3) is 1.00. The van der Waals surface area contributed by atoms with E-state index in [0.717, 1.165) is 11.8 Å². The third-order valence-corrected chi connectivity index (χ3v) is 5.43. The van der Waals surface area contributed by atoms with Crippen molar-refractivity contribution in [2.75, 3.05) is 13.4 Å². The Kier molecular flexibility index (Phi) is 5.42. The maximum atomic E-state index is 10.2. The smallest absolute Gasteiger partial charge is 0.115 e. The Balaban J connectivity index is 3.01. The lowest BCUT2D eigenvalue weighted by atomic mass is 9.78. The molecule has 0 aromatic heterocycles. The number of hydrogen-bond donors (Lipinski definition) is 3. The molecular weight excluding hydrogens is 287 g/mol. The maximum absolute atomic E-state index is 10.2. The number of ether oxygens (including phenoxy) is 1. The van der Waals surface area contributed by atoms with Crippen molar-refractivity contribution >= 4 is 35.0 Å². The summed E-state index contributed by atoms with van der Waals surface area (Å²) >= 11 is 13.3. The Morgan fingerprint density at radius 2 is 1.59 bits per heavy atom. The van der Waals surface area contributed by atoms with Gasteiger partial charge in [0.1, 0.15) is 4.93 Å². The Morgan fingerprint density at radius 1 is 1.18 bits per heavy atom. The molecule has 5 atom stereocenters. The van der Waals surface area contributed by atoms with Crippen LogP contribution < -0.4 is 0 Å². The number of thioether (sulfide) groups is 1. The van der Waals surface area contributed by atoms with Crippen molar-refractivity contribution in [3.63, 3.8) is 0 Å². The molecule has 1 fully saturated rings. The first-order chi connectivity index (χ1) is 7.77. The van der Waals surface area contributed by atoms with E-state index in [-0.39, 0.29) is 0 Å². The highest BCUT2D eigenvalue weighted by molar-refractivity contribution is 7.99. The summed E-state index contributed by atoms with van der Waals surface area (Å²) in [5.41, 5.74) is 0. The Morgan fingerprint density at radius 3 is 1.88 bits per heavy atom. The summed E-state index contributed by atoms with van der Waals surface area (Å²) in [5.74, 6) is -0.825. The van der Waals surface area contributed by atoms with Crippen LogP contribution in [0.1, 0.15) is 6.92 Å². The average Bonchev–Trinajstić information content (AvgIpc) is 2.27. The van der Waals surface area contributed by atoms with Crippen LogP contribution in [0, 0.1) is 5.92 Å². The number of methoxy groups -OCH3 is 1. The van der Waals surface area contributed by atoms with E-state index in [0.29, 0.717) is 0 Å². The highest BCUT2D eigenvalue weighted by Crippen LogP contribution is 2.42.